The molecule has 3 N–H and O–H groups in total. The van der Waals surface area contributed by atoms with Gasteiger partial charge in [-0.1, -0.05) is 32.9 Å². The Morgan fingerprint density at radius 1 is 1.24 bits per heavy atom. The molecule has 9 nitrogen and oxygen atoms in total. The van der Waals surface area contributed by atoms with Crippen molar-refractivity contribution in [2.24, 2.45) is 46.3 Å². The van der Waals surface area contributed by atoms with Gasteiger partial charge in [-0.15, -0.1) is 0 Å². The Morgan fingerprint density at radius 3 is 2.58 bits per heavy atom. The average molecular weight is 522 g/mol. The lowest BCUT2D eigenvalue weighted by atomic mass is 9.78. The maximum absolute atomic E-state index is 14.2. The zero-order valence-electron chi connectivity index (χ0n) is 22.5. The number of allylic oxidation sites excluding steroid dienone is 2. The van der Waals surface area contributed by atoms with E-state index in [9.17, 15) is 24.4 Å². The van der Waals surface area contributed by atoms with Gasteiger partial charge < -0.3 is 20.9 Å². The molecule has 9 heteroatoms. The maximum atomic E-state index is 14.2. The van der Waals surface area contributed by atoms with Crippen molar-refractivity contribution in [1.29, 1.82) is 5.26 Å². The Labute approximate surface area is 224 Å². The van der Waals surface area contributed by atoms with E-state index in [4.69, 9.17) is 0 Å². The number of hydrogen-bond donors (Lipinski definition) is 3. The molecule has 2 aliphatic heterocycles. The molecule has 9 atom stereocenters. The molecule has 2 heterocycles. The topological polar surface area (TPSA) is 131 Å². The number of nitrogens with one attached hydrogen (secondary N) is 3. The molecule has 4 aliphatic carbocycles. The van der Waals surface area contributed by atoms with Crippen LogP contribution in [0.4, 0.5) is 0 Å². The van der Waals surface area contributed by atoms with Gasteiger partial charge in [0.05, 0.1) is 6.07 Å². The van der Waals surface area contributed by atoms with Gasteiger partial charge in [-0.3, -0.25) is 19.2 Å². The van der Waals surface area contributed by atoms with Crippen molar-refractivity contribution in [3.8, 4) is 6.07 Å². The van der Waals surface area contributed by atoms with Crippen LogP contribution in [0, 0.1) is 57.7 Å². The second-order valence-electron chi connectivity index (χ2n) is 13.8. The van der Waals surface area contributed by atoms with E-state index >= 15 is 0 Å². The monoisotopic (exact) mass is 521 g/mol. The van der Waals surface area contributed by atoms with Crippen molar-refractivity contribution in [2.45, 2.75) is 77.4 Å². The highest BCUT2D eigenvalue weighted by molar-refractivity contribution is 6.03. The van der Waals surface area contributed by atoms with Gasteiger partial charge in [0.2, 0.25) is 23.6 Å². The third-order valence-electron chi connectivity index (χ3n) is 10.3. The largest absolute Gasteiger partial charge is 0.356 e. The van der Waals surface area contributed by atoms with E-state index in [-0.39, 0.29) is 65.2 Å². The summed E-state index contributed by atoms with van der Waals surface area (Å²) in [6.07, 6.45) is 9.53. The SMILES string of the molecule is CC(C)(C)[C@@H](C(=O)NC1CC12CC2)C(=O)N1C[C@H]2[C@@H]([C@H]1C(=O)N[C@H](C#N)C[C@@H]1CCNC1=O)[C@H]1C=C[C@@H]2C1. The quantitative estimate of drug-likeness (QED) is 0.345. The number of carbonyl (C=O) groups is 4. The molecule has 1 unspecified atom stereocenters. The molecule has 2 saturated heterocycles. The summed E-state index contributed by atoms with van der Waals surface area (Å²) in [5.74, 6) is -1.47. The summed E-state index contributed by atoms with van der Waals surface area (Å²) in [5, 5.41) is 18.6. The summed E-state index contributed by atoms with van der Waals surface area (Å²) < 4.78 is 0. The minimum absolute atomic E-state index is 0.0232. The Bertz CT molecular complexity index is 1130. The van der Waals surface area contributed by atoms with E-state index in [2.05, 4.69) is 34.2 Å². The summed E-state index contributed by atoms with van der Waals surface area (Å²) in [7, 11) is 0. The van der Waals surface area contributed by atoms with Crippen LogP contribution in [0.3, 0.4) is 0 Å². The molecule has 38 heavy (non-hydrogen) atoms. The zero-order valence-corrected chi connectivity index (χ0v) is 22.5. The highest BCUT2D eigenvalue weighted by Gasteiger charge is 2.64. The number of nitriles is 1. The van der Waals surface area contributed by atoms with Crippen molar-refractivity contribution in [3.63, 3.8) is 0 Å². The molecule has 1 spiro atoms. The van der Waals surface area contributed by atoms with Gasteiger partial charge in [-0.05, 0) is 73.0 Å². The molecule has 0 aromatic carbocycles. The van der Waals surface area contributed by atoms with Crippen LogP contribution < -0.4 is 16.0 Å². The summed E-state index contributed by atoms with van der Waals surface area (Å²) in [6, 6.07) is 0.777. The van der Waals surface area contributed by atoms with Crippen LogP contribution in [0.25, 0.3) is 0 Å². The van der Waals surface area contributed by atoms with E-state index in [1.165, 1.54) is 0 Å². The van der Waals surface area contributed by atoms with Crippen molar-refractivity contribution in [1.82, 2.24) is 20.9 Å². The first-order valence-corrected chi connectivity index (χ1v) is 14.3. The number of likely N-dealkylation sites (tertiary alicyclic amines) is 1. The van der Waals surface area contributed by atoms with Gasteiger partial charge in [0.1, 0.15) is 18.0 Å². The summed E-state index contributed by atoms with van der Waals surface area (Å²) in [5.41, 5.74) is -0.338. The van der Waals surface area contributed by atoms with Gasteiger partial charge >= 0.3 is 0 Å². The minimum Gasteiger partial charge on any atom is -0.356 e. The first-order valence-electron chi connectivity index (χ1n) is 14.3. The first-order chi connectivity index (χ1) is 18.0. The van der Waals surface area contributed by atoms with Crippen LogP contribution in [0.1, 0.15) is 59.3 Å². The molecule has 5 fully saturated rings. The fourth-order valence-corrected chi connectivity index (χ4v) is 7.90. The smallest absolute Gasteiger partial charge is 0.244 e. The summed E-state index contributed by atoms with van der Waals surface area (Å²) in [4.78, 5) is 55.3. The number of hydrogen-bond acceptors (Lipinski definition) is 5. The lowest BCUT2D eigenvalue weighted by Crippen LogP contribution is -2.56. The van der Waals surface area contributed by atoms with Gasteiger partial charge in [-0.25, -0.2) is 0 Å². The third-order valence-corrected chi connectivity index (χ3v) is 10.3. The molecule has 0 aromatic rings. The highest BCUT2D eigenvalue weighted by Crippen LogP contribution is 2.66. The third kappa shape index (κ3) is 4.20. The molecule has 2 bridgehead atoms. The van der Waals surface area contributed by atoms with Crippen molar-refractivity contribution in [2.75, 3.05) is 13.1 Å². The molecule has 6 rings (SSSR count). The lowest BCUT2D eigenvalue weighted by Gasteiger charge is -2.36. The molecule has 6 aliphatic rings. The van der Waals surface area contributed by atoms with E-state index in [1.807, 2.05) is 20.8 Å². The summed E-state index contributed by atoms with van der Waals surface area (Å²) >= 11 is 0. The number of amides is 4. The van der Waals surface area contributed by atoms with Crippen LogP contribution in [-0.4, -0.2) is 59.7 Å². The van der Waals surface area contributed by atoms with Gasteiger partial charge in [0.25, 0.3) is 0 Å². The van der Waals surface area contributed by atoms with Gasteiger partial charge in [-0.2, -0.15) is 5.26 Å². The van der Waals surface area contributed by atoms with E-state index in [0.717, 1.165) is 25.7 Å². The fraction of sp³-hybridized carbons (Fsp3) is 0.759. The van der Waals surface area contributed by atoms with Crippen LogP contribution in [0.15, 0.2) is 12.2 Å². The Kier molecular flexibility index (Phi) is 5.89. The maximum Gasteiger partial charge on any atom is 0.244 e. The van der Waals surface area contributed by atoms with Crippen LogP contribution in [0.2, 0.25) is 0 Å². The molecule has 3 saturated carbocycles. The summed E-state index contributed by atoms with van der Waals surface area (Å²) in [6.45, 7) is 6.75. The van der Waals surface area contributed by atoms with Crippen LogP contribution in [-0.2, 0) is 19.2 Å². The van der Waals surface area contributed by atoms with Gasteiger partial charge in [0.15, 0.2) is 0 Å². The number of nitrogens with zero attached hydrogens (tertiary/aromatic N) is 2. The van der Waals surface area contributed by atoms with E-state index in [1.54, 1.807) is 4.90 Å². The highest BCUT2D eigenvalue weighted by atomic mass is 16.2. The lowest BCUT2D eigenvalue weighted by molar-refractivity contribution is -0.151. The molecule has 204 valence electrons. The number of fused-ring (bicyclic) bond motifs is 5. The normalized spacial score (nSPS) is 36.8. The second-order valence-corrected chi connectivity index (χ2v) is 13.8. The average Bonchev–Trinajstić information content (AvgIpc) is 3.41. The molecule has 0 aromatic heterocycles. The second kappa shape index (κ2) is 8.82. The van der Waals surface area contributed by atoms with Crippen molar-refractivity contribution < 1.29 is 19.2 Å². The van der Waals surface area contributed by atoms with Crippen LogP contribution >= 0.6 is 0 Å². The number of carbonyl (C=O) groups excluding carboxylic acids is 4. The Hall–Kier alpha value is -2.89. The first kappa shape index (κ1) is 25.4. The minimum atomic E-state index is -0.896. The Morgan fingerprint density at radius 2 is 1.97 bits per heavy atom. The predicted molar refractivity (Wildman–Crippen MR) is 138 cm³/mol. The standard InChI is InChI=1S/C29H39N5O4/c1-28(2,3)22(25(36)33-20-12-29(20)7-8-29)27(38)34-14-19-15-4-5-16(10-15)21(19)23(34)26(37)32-18(13-30)11-17-6-9-31-24(17)35/h4-5,15-23H,6-12,14H2,1-3H3,(H,31,35)(H,32,37)(H,33,36)/t15-,16+,17+,18+,19-,20?,21+,22+,23+/m1/s1. The Balaban J connectivity index is 1.23. The zero-order chi connectivity index (χ0) is 27.0. The molecular weight excluding hydrogens is 482 g/mol. The van der Waals surface area contributed by atoms with Gasteiger partial charge in [0, 0.05) is 25.0 Å². The predicted octanol–water partition coefficient (Wildman–Crippen LogP) is 1.50. The fourth-order valence-electron chi connectivity index (χ4n) is 7.90. The van der Waals surface area contributed by atoms with E-state index < -0.39 is 23.4 Å². The molecule has 0 radical (unpaired) electrons. The van der Waals surface area contributed by atoms with Crippen molar-refractivity contribution in [3.05, 3.63) is 12.2 Å². The van der Waals surface area contributed by atoms with Crippen molar-refractivity contribution >= 4 is 23.6 Å². The van der Waals surface area contributed by atoms with Crippen LogP contribution in [0.5, 0.6) is 0 Å². The number of rotatable bonds is 7. The van der Waals surface area contributed by atoms with E-state index in [0.29, 0.717) is 25.4 Å². The molecule has 4 amide bonds. The molecular formula is C29H39N5O4.